The van der Waals surface area contributed by atoms with Crippen LogP contribution in [0.3, 0.4) is 0 Å². The molecule has 0 aliphatic heterocycles. The van der Waals surface area contributed by atoms with Crippen LogP contribution in [-0.4, -0.2) is 4.57 Å². The molecular weight excluding hydrogens is 797 g/mol. The van der Waals surface area contributed by atoms with Gasteiger partial charge in [-0.25, -0.2) is 0 Å². The van der Waals surface area contributed by atoms with Crippen molar-refractivity contribution in [3.05, 3.63) is 231 Å². The normalized spacial score (nSPS) is 11.8. The summed E-state index contributed by atoms with van der Waals surface area (Å²) in [7, 11) is 0. The van der Waals surface area contributed by atoms with E-state index >= 15 is 0 Å². The van der Waals surface area contributed by atoms with Gasteiger partial charge >= 0.3 is 0 Å². The molecule has 64 heavy (non-hydrogen) atoms. The fourth-order valence-electron chi connectivity index (χ4n) is 9.89. The van der Waals surface area contributed by atoms with Crippen LogP contribution in [0.5, 0.6) is 0 Å². The molecule has 10 aromatic carbocycles. The summed E-state index contributed by atoms with van der Waals surface area (Å²) >= 11 is 1.85. The molecule has 3 nitrogen and oxygen atoms in total. The second-order valence-electron chi connectivity index (χ2n) is 16.4. The van der Waals surface area contributed by atoms with E-state index < -0.39 is 0 Å². The van der Waals surface area contributed by atoms with Crippen LogP contribution >= 0.6 is 11.3 Å². The molecule has 300 valence electrons. The van der Waals surface area contributed by atoms with Crippen LogP contribution in [0, 0.1) is 0 Å². The van der Waals surface area contributed by atoms with Crippen LogP contribution in [0.25, 0.3) is 103 Å². The van der Waals surface area contributed by atoms with Crippen molar-refractivity contribution < 1.29 is 4.42 Å². The molecule has 0 radical (unpaired) electrons. The summed E-state index contributed by atoms with van der Waals surface area (Å²) in [6, 6.07) is 83.3. The highest BCUT2D eigenvalue weighted by Gasteiger charge is 2.25. The van der Waals surface area contributed by atoms with Crippen molar-refractivity contribution in [3.8, 4) is 39.1 Å². The summed E-state index contributed by atoms with van der Waals surface area (Å²) in [6.07, 6.45) is 0. The quantitative estimate of drug-likeness (QED) is 0.159. The standard InChI is InChI=1S/C60H38N2OS/c1-2-15-39(16-3-1)40-29-32-43(33-30-40)61(52-24-9-4-19-45(52)42-31-34-50-49-22-8-13-28-57(49)64-58(50)38-42)55-36-35-46(60-59(55)51-23-7-12-27-56(51)63-60)41-17-14-18-44(37-41)62-53-25-10-5-20-47(53)48-21-6-11-26-54(48)62/h1-38H. The van der Waals surface area contributed by atoms with Crippen LogP contribution in [0.4, 0.5) is 17.1 Å². The molecule has 0 bridgehead atoms. The van der Waals surface area contributed by atoms with Crippen molar-refractivity contribution in [1.82, 2.24) is 4.57 Å². The number of benzene rings is 10. The van der Waals surface area contributed by atoms with Crippen LogP contribution in [0.15, 0.2) is 235 Å². The number of rotatable bonds is 7. The van der Waals surface area contributed by atoms with E-state index in [0.29, 0.717) is 0 Å². The summed E-state index contributed by atoms with van der Waals surface area (Å²) in [5.74, 6) is 0. The van der Waals surface area contributed by atoms with Gasteiger partial charge in [-0.3, -0.25) is 0 Å². The van der Waals surface area contributed by atoms with Gasteiger partial charge in [0.25, 0.3) is 0 Å². The minimum Gasteiger partial charge on any atom is -0.455 e. The maximum Gasteiger partial charge on any atom is 0.145 e. The Morgan fingerprint density at radius 3 is 1.80 bits per heavy atom. The van der Waals surface area contributed by atoms with Gasteiger partial charge in [0.15, 0.2) is 0 Å². The largest absolute Gasteiger partial charge is 0.455 e. The molecule has 0 aliphatic carbocycles. The first-order chi connectivity index (χ1) is 31.7. The highest BCUT2D eigenvalue weighted by molar-refractivity contribution is 7.25. The lowest BCUT2D eigenvalue weighted by Crippen LogP contribution is -2.11. The minimum absolute atomic E-state index is 0.854. The molecular formula is C60H38N2OS. The van der Waals surface area contributed by atoms with Gasteiger partial charge < -0.3 is 13.9 Å². The fraction of sp³-hybridized carbons (Fsp3) is 0. The minimum atomic E-state index is 0.854. The number of hydrogen-bond acceptors (Lipinski definition) is 3. The summed E-state index contributed by atoms with van der Waals surface area (Å²) in [5, 5.41) is 7.22. The molecule has 0 atom stereocenters. The Hall–Kier alpha value is -8.18. The lowest BCUT2D eigenvalue weighted by molar-refractivity contribution is 0.670. The molecule has 3 aromatic heterocycles. The zero-order chi connectivity index (χ0) is 42.1. The summed E-state index contributed by atoms with van der Waals surface area (Å²) in [6.45, 7) is 0. The molecule has 0 unspecified atom stereocenters. The van der Waals surface area contributed by atoms with E-state index in [1.807, 2.05) is 11.3 Å². The number of thiophene rings is 1. The van der Waals surface area contributed by atoms with Crippen molar-refractivity contribution in [3.63, 3.8) is 0 Å². The number of furan rings is 1. The molecule has 13 rings (SSSR count). The van der Waals surface area contributed by atoms with E-state index in [2.05, 4.69) is 240 Å². The highest BCUT2D eigenvalue weighted by Crippen LogP contribution is 2.49. The lowest BCUT2D eigenvalue weighted by Gasteiger charge is -2.29. The zero-order valence-corrected chi connectivity index (χ0v) is 35.5. The van der Waals surface area contributed by atoms with Gasteiger partial charge in [0, 0.05) is 58.8 Å². The van der Waals surface area contributed by atoms with E-state index in [4.69, 9.17) is 4.42 Å². The molecule has 0 N–H and O–H groups in total. The third-order valence-corrected chi connectivity index (χ3v) is 13.9. The lowest BCUT2D eigenvalue weighted by atomic mass is 9.97. The topological polar surface area (TPSA) is 21.3 Å². The van der Waals surface area contributed by atoms with Crippen molar-refractivity contribution in [1.29, 1.82) is 0 Å². The zero-order valence-electron chi connectivity index (χ0n) is 34.7. The van der Waals surface area contributed by atoms with Crippen molar-refractivity contribution >= 4 is 92.3 Å². The van der Waals surface area contributed by atoms with Gasteiger partial charge in [-0.1, -0.05) is 158 Å². The second-order valence-corrected chi connectivity index (χ2v) is 17.5. The molecule has 0 amide bonds. The third kappa shape index (κ3) is 5.81. The third-order valence-electron chi connectivity index (χ3n) is 12.8. The van der Waals surface area contributed by atoms with Crippen molar-refractivity contribution in [2.45, 2.75) is 0 Å². The van der Waals surface area contributed by atoms with Crippen LogP contribution in [0.2, 0.25) is 0 Å². The first-order valence-electron chi connectivity index (χ1n) is 21.7. The highest BCUT2D eigenvalue weighted by atomic mass is 32.1. The number of aromatic nitrogens is 1. The Labute approximate surface area is 373 Å². The molecule has 0 aliphatic rings. The van der Waals surface area contributed by atoms with E-state index in [0.717, 1.165) is 61.4 Å². The smallest absolute Gasteiger partial charge is 0.145 e. The van der Waals surface area contributed by atoms with E-state index in [1.165, 1.54) is 58.7 Å². The number of para-hydroxylation sites is 4. The van der Waals surface area contributed by atoms with Crippen molar-refractivity contribution in [2.75, 3.05) is 4.90 Å². The second kappa shape index (κ2) is 14.7. The SMILES string of the molecule is c1ccc(-c2ccc(N(c3ccccc3-c3ccc4c(c3)sc3ccccc34)c3ccc(-c4cccc(-n5c6ccccc6c6ccccc65)c4)c4oc5ccccc5c34)cc2)cc1. The first-order valence-corrected chi connectivity index (χ1v) is 22.6. The molecule has 3 heterocycles. The molecule has 0 fully saturated rings. The van der Waals surface area contributed by atoms with Gasteiger partial charge in [0.2, 0.25) is 0 Å². The van der Waals surface area contributed by atoms with Crippen molar-refractivity contribution in [2.24, 2.45) is 0 Å². The van der Waals surface area contributed by atoms with Gasteiger partial charge in [-0.2, -0.15) is 0 Å². The molecule has 0 saturated heterocycles. The van der Waals surface area contributed by atoms with Gasteiger partial charge in [-0.05, 0) is 95.1 Å². The average Bonchev–Trinajstić information content (AvgIpc) is 4.05. The van der Waals surface area contributed by atoms with E-state index in [9.17, 15) is 0 Å². The summed E-state index contributed by atoms with van der Waals surface area (Å²) in [4.78, 5) is 2.43. The Morgan fingerprint density at radius 2 is 0.984 bits per heavy atom. The first kappa shape index (κ1) is 36.5. The number of fused-ring (bicyclic) bond motifs is 9. The molecule has 13 aromatic rings. The summed E-state index contributed by atoms with van der Waals surface area (Å²) < 4.78 is 12.0. The monoisotopic (exact) mass is 834 g/mol. The average molecular weight is 835 g/mol. The Morgan fingerprint density at radius 1 is 0.375 bits per heavy atom. The van der Waals surface area contributed by atoms with Gasteiger partial charge in [0.05, 0.1) is 27.8 Å². The molecule has 4 heteroatoms. The maximum absolute atomic E-state index is 7.01. The Kier molecular flexibility index (Phi) is 8.40. The summed E-state index contributed by atoms with van der Waals surface area (Å²) in [5.41, 5.74) is 15.2. The number of hydrogen-bond donors (Lipinski definition) is 0. The Balaban J connectivity index is 1.03. The van der Waals surface area contributed by atoms with E-state index in [1.54, 1.807) is 0 Å². The van der Waals surface area contributed by atoms with Crippen LogP contribution < -0.4 is 4.90 Å². The van der Waals surface area contributed by atoms with Crippen LogP contribution in [-0.2, 0) is 0 Å². The van der Waals surface area contributed by atoms with E-state index in [-0.39, 0.29) is 0 Å². The van der Waals surface area contributed by atoms with Gasteiger partial charge in [-0.15, -0.1) is 11.3 Å². The predicted molar refractivity (Wildman–Crippen MR) is 272 cm³/mol. The molecule has 0 spiro atoms. The Bertz CT molecular complexity index is 3860. The maximum atomic E-state index is 7.01. The number of anilines is 3. The predicted octanol–water partition coefficient (Wildman–Crippen LogP) is 17.5. The van der Waals surface area contributed by atoms with Gasteiger partial charge in [0.1, 0.15) is 11.2 Å². The molecule has 0 saturated carbocycles. The number of nitrogens with zero attached hydrogens (tertiary/aromatic N) is 2. The van der Waals surface area contributed by atoms with Crippen LogP contribution in [0.1, 0.15) is 0 Å². The fourth-order valence-corrected chi connectivity index (χ4v) is 11.0.